The number of ketones is 1. The molecule has 30 heavy (non-hydrogen) atoms. The molecule has 0 saturated carbocycles. The molecular formula is C23H25FN2O4. The molecule has 0 radical (unpaired) electrons. The molecule has 1 N–H and O–H groups in total. The highest BCUT2D eigenvalue weighted by Gasteiger charge is 2.45. The Hall–Kier alpha value is -3.19. The number of aliphatic hydroxyl groups excluding tert-OH is 1. The van der Waals surface area contributed by atoms with Gasteiger partial charge in [0.1, 0.15) is 17.3 Å². The molecule has 2 aromatic carbocycles. The summed E-state index contributed by atoms with van der Waals surface area (Å²) in [7, 11) is 5.35. The number of methoxy groups -OCH3 is 1. The van der Waals surface area contributed by atoms with Gasteiger partial charge in [-0.3, -0.25) is 9.59 Å². The molecule has 0 aliphatic carbocycles. The van der Waals surface area contributed by atoms with E-state index in [2.05, 4.69) is 0 Å². The molecule has 3 rings (SSSR count). The number of ether oxygens (including phenoxy) is 1. The molecular weight excluding hydrogens is 387 g/mol. The lowest BCUT2D eigenvalue weighted by Crippen LogP contribution is -2.32. The van der Waals surface area contributed by atoms with Crippen molar-refractivity contribution in [3.63, 3.8) is 0 Å². The predicted octanol–water partition coefficient (Wildman–Crippen LogP) is 3.21. The van der Waals surface area contributed by atoms with E-state index in [1.54, 1.807) is 24.3 Å². The van der Waals surface area contributed by atoms with Crippen molar-refractivity contribution < 1.29 is 23.8 Å². The second kappa shape index (κ2) is 9.09. The van der Waals surface area contributed by atoms with Crippen LogP contribution in [0.25, 0.3) is 5.76 Å². The summed E-state index contributed by atoms with van der Waals surface area (Å²) in [5.74, 6) is -1.62. The van der Waals surface area contributed by atoms with E-state index in [0.717, 1.165) is 6.54 Å². The third kappa shape index (κ3) is 4.36. The van der Waals surface area contributed by atoms with Crippen molar-refractivity contribution in [1.82, 2.24) is 9.80 Å². The molecule has 2 aromatic rings. The van der Waals surface area contributed by atoms with Crippen LogP contribution in [0.5, 0.6) is 5.75 Å². The maximum atomic E-state index is 13.5. The van der Waals surface area contributed by atoms with Crippen LogP contribution >= 0.6 is 0 Å². The van der Waals surface area contributed by atoms with Crippen LogP contribution in [-0.2, 0) is 9.59 Å². The van der Waals surface area contributed by atoms with Gasteiger partial charge in [0.25, 0.3) is 11.7 Å². The molecule has 1 aliphatic rings. The van der Waals surface area contributed by atoms with Crippen molar-refractivity contribution >= 4 is 17.4 Å². The number of hydrogen-bond donors (Lipinski definition) is 1. The molecule has 0 unspecified atom stereocenters. The molecule has 158 valence electrons. The Morgan fingerprint density at radius 3 is 2.50 bits per heavy atom. The first-order valence-electron chi connectivity index (χ1n) is 9.66. The van der Waals surface area contributed by atoms with Crippen LogP contribution in [0.1, 0.15) is 23.6 Å². The molecule has 0 spiro atoms. The zero-order valence-corrected chi connectivity index (χ0v) is 17.3. The van der Waals surface area contributed by atoms with Gasteiger partial charge in [0.15, 0.2) is 0 Å². The first kappa shape index (κ1) is 21.5. The maximum absolute atomic E-state index is 13.5. The van der Waals surface area contributed by atoms with Crippen LogP contribution in [0.4, 0.5) is 4.39 Å². The van der Waals surface area contributed by atoms with Crippen LogP contribution in [-0.4, -0.2) is 60.9 Å². The lowest BCUT2D eigenvalue weighted by atomic mass is 9.95. The second-order valence-electron chi connectivity index (χ2n) is 7.43. The zero-order chi connectivity index (χ0) is 21.8. The standard InChI is InChI=1S/C23H25FN2O4/c1-25(2)12-5-13-26-20(15-8-10-17(24)11-9-15)19(22(28)23(26)29)21(27)16-6-4-7-18(14-16)30-3/h4,6-11,14,20,27H,5,12-13H2,1-3H3/b21-19+/t20-/m1/s1. The van der Waals surface area contributed by atoms with Gasteiger partial charge in [-0.15, -0.1) is 0 Å². The quantitative estimate of drug-likeness (QED) is 0.430. The van der Waals surface area contributed by atoms with Crippen LogP contribution in [0.3, 0.4) is 0 Å². The summed E-state index contributed by atoms with van der Waals surface area (Å²) in [6, 6.07) is 11.5. The summed E-state index contributed by atoms with van der Waals surface area (Å²) in [4.78, 5) is 29.2. The predicted molar refractivity (Wildman–Crippen MR) is 112 cm³/mol. The summed E-state index contributed by atoms with van der Waals surface area (Å²) in [6.07, 6.45) is 0.650. The van der Waals surface area contributed by atoms with Gasteiger partial charge in [-0.1, -0.05) is 24.3 Å². The molecule has 0 aromatic heterocycles. The lowest BCUT2D eigenvalue weighted by Gasteiger charge is -2.26. The molecule has 1 aliphatic heterocycles. The van der Waals surface area contributed by atoms with E-state index in [1.165, 1.54) is 36.3 Å². The number of carbonyl (C=O) groups excluding carboxylic acids is 2. The Bertz CT molecular complexity index is 969. The summed E-state index contributed by atoms with van der Waals surface area (Å²) < 4.78 is 18.7. The highest BCUT2D eigenvalue weighted by molar-refractivity contribution is 6.46. The number of likely N-dealkylation sites (tertiary alicyclic amines) is 1. The summed E-state index contributed by atoms with van der Waals surface area (Å²) in [6.45, 7) is 1.06. The van der Waals surface area contributed by atoms with Crippen molar-refractivity contribution in [3.05, 3.63) is 71.0 Å². The Morgan fingerprint density at radius 1 is 1.17 bits per heavy atom. The monoisotopic (exact) mass is 412 g/mol. The first-order valence-corrected chi connectivity index (χ1v) is 9.66. The first-order chi connectivity index (χ1) is 14.3. The normalized spacial score (nSPS) is 18.3. The molecule has 0 bridgehead atoms. The van der Waals surface area contributed by atoms with Gasteiger partial charge in [-0.25, -0.2) is 4.39 Å². The summed E-state index contributed by atoms with van der Waals surface area (Å²) in [5, 5.41) is 11.0. The van der Waals surface area contributed by atoms with Gasteiger partial charge in [0, 0.05) is 12.1 Å². The number of rotatable bonds is 7. The van der Waals surface area contributed by atoms with Crippen molar-refractivity contribution in [3.8, 4) is 5.75 Å². The summed E-state index contributed by atoms with van der Waals surface area (Å²) >= 11 is 0. The SMILES string of the molecule is COc1cccc(/C(O)=C2\C(=O)C(=O)N(CCCN(C)C)[C@@H]2c2ccc(F)cc2)c1. The molecule has 7 heteroatoms. The highest BCUT2D eigenvalue weighted by Crippen LogP contribution is 2.39. The largest absolute Gasteiger partial charge is 0.507 e. The van der Waals surface area contributed by atoms with E-state index in [4.69, 9.17) is 4.74 Å². The number of hydrogen-bond acceptors (Lipinski definition) is 5. The second-order valence-corrected chi connectivity index (χ2v) is 7.43. The van der Waals surface area contributed by atoms with Crippen LogP contribution < -0.4 is 4.74 Å². The highest BCUT2D eigenvalue weighted by atomic mass is 19.1. The third-order valence-corrected chi connectivity index (χ3v) is 5.07. The third-order valence-electron chi connectivity index (χ3n) is 5.07. The van der Waals surface area contributed by atoms with Crippen molar-refractivity contribution in [1.29, 1.82) is 0 Å². The Kier molecular flexibility index (Phi) is 6.52. The fourth-order valence-corrected chi connectivity index (χ4v) is 3.59. The fourth-order valence-electron chi connectivity index (χ4n) is 3.59. The average molecular weight is 412 g/mol. The average Bonchev–Trinajstić information content (AvgIpc) is 2.98. The number of halogens is 1. The van der Waals surface area contributed by atoms with Gasteiger partial charge < -0.3 is 19.6 Å². The van der Waals surface area contributed by atoms with Crippen LogP contribution in [0.15, 0.2) is 54.1 Å². The van der Waals surface area contributed by atoms with Crippen molar-refractivity contribution in [2.45, 2.75) is 12.5 Å². The minimum Gasteiger partial charge on any atom is -0.507 e. The smallest absolute Gasteiger partial charge is 0.295 e. The maximum Gasteiger partial charge on any atom is 0.295 e. The van der Waals surface area contributed by atoms with Gasteiger partial charge >= 0.3 is 0 Å². The Labute approximate surface area is 175 Å². The van der Waals surface area contributed by atoms with Gasteiger partial charge in [0.05, 0.1) is 18.7 Å². The topological polar surface area (TPSA) is 70.1 Å². The minimum absolute atomic E-state index is 0.00952. The number of benzene rings is 2. The summed E-state index contributed by atoms with van der Waals surface area (Å²) in [5.41, 5.74) is 0.919. The zero-order valence-electron chi connectivity index (χ0n) is 17.3. The van der Waals surface area contributed by atoms with Gasteiger partial charge in [-0.2, -0.15) is 0 Å². The van der Waals surface area contributed by atoms with Gasteiger partial charge in [0.2, 0.25) is 0 Å². The number of nitrogens with zero attached hydrogens (tertiary/aromatic N) is 2. The van der Waals surface area contributed by atoms with E-state index in [9.17, 15) is 19.1 Å². The number of amides is 1. The molecule has 1 fully saturated rings. The van der Waals surface area contributed by atoms with Crippen LogP contribution in [0, 0.1) is 5.82 Å². The fraction of sp³-hybridized carbons (Fsp3) is 0.304. The number of aliphatic hydroxyl groups is 1. The van der Waals surface area contributed by atoms with E-state index in [1.807, 2.05) is 19.0 Å². The van der Waals surface area contributed by atoms with E-state index in [0.29, 0.717) is 29.8 Å². The number of Topliss-reactive ketones (excluding diaryl/α,β-unsaturated/α-hetero) is 1. The molecule has 1 heterocycles. The molecule has 1 saturated heterocycles. The Balaban J connectivity index is 2.09. The van der Waals surface area contributed by atoms with E-state index < -0.39 is 23.5 Å². The van der Waals surface area contributed by atoms with Crippen molar-refractivity contribution in [2.24, 2.45) is 0 Å². The van der Waals surface area contributed by atoms with Gasteiger partial charge in [-0.05, 0) is 56.9 Å². The van der Waals surface area contributed by atoms with E-state index in [-0.39, 0.29) is 11.3 Å². The minimum atomic E-state index is -0.793. The number of carbonyl (C=O) groups is 2. The Morgan fingerprint density at radius 2 is 1.87 bits per heavy atom. The van der Waals surface area contributed by atoms with Crippen LogP contribution in [0.2, 0.25) is 0 Å². The van der Waals surface area contributed by atoms with E-state index >= 15 is 0 Å². The van der Waals surface area contributed by atoms with Crippen molar-refractivity contribution in [2.75, 3.05) is 34.3 Å². The molecule has 1 atom stereocenters. The molecule has 1 amide bonds. The lowest BCUT2D eigenvalue weighted by molar-refractivity contribution is -0.139. The molecule has 6 nitrogen and oxygen atoms in total.